The molecule has 0 aromatic carbocycles. The molecule has 0 spiro atoms. The Bertz CT molecular complexity index is 1650. The second-order valence-electron chi connectivity index (χ2n) is 21.3. The molecule has 436 valence electrons. The van der Waals surface area contributed by atoms with Gasteiger partial charge in [0.05, 0.1) is 27.7 Å². The number of allylic oxidation sites excluding steroid dienone is 18. The lowest BCUT2D eigenvalue weighted by Gasteiger charge is -2.28. The van der Waals surface area contributed by atoms with Gasteiger partial charge in [-0.15, -0.1) is 0 Å². The molecule has 0 fully saturated rings. The van der Waals surface area contributed by atoms with E-state index in [2.05, 4.69) is 123 Å². The van der Waals surface area contributed by atoms with Crippen LogP contribution in [-0.2, 0) is 32.7 Å². The van der Waals surface area contributed by atoms with Crippen molar-refractivity contribution in [3.63, 3.8) is 0 Å². The van der Waals surface area contributed by atoms with Crippen molar-refractivity contribution in [1.82, 2.24) is 0 Å². The van der Waals surface area contributed by atoms with Gasteiger partial charge in [0.25, 0.3) is 7.82 Å². The lowest BCUT2D eigenvalue weighted by molar-refractivity contribution is -0.870. The second-order valence-corrected chi connectivity index (χ2v) is 22.7. The Morgan fingerprint density at radius 2 is 0.750 bits per heavy atom. The van der Waals surface area contributed by atoms with Gasteiger partial charge in [0.2, 0.25) is 0 Å². The van der Waals surface area contributed by atoms with E-state index in [1.807, 2.05) is 21.1 Å². The van der Waals surface area contributed by atoms with Gasteiger partial charge < -0.3 is 27.9 Å². The van der Waals surface area contributed by atoms with Gasteiger partial charge in [0.15, 0.2) is 6.10 Å². The van der Waals surface area contributed by atoms with Gasteiger partial charge in [-0.25, -0.2) is 0 Å². The fourth-order valence-electron chi connectivity index (χ4n) is 8.08. The fourth-order valence-corrected chi connectivity index (χ4v) is 8.81. The molecule has 0 aliphatic carbocycles. The number of esters is 2. The van der Waals surface area contributed by atoms with Gasteiger partial charge in [0, 0.05) is 12.8 Å². The Balaban J connectivity index is 4.21. The average molecular weight is 1080 g/mol. The number of likely N-dealkylation sites (N-methyl/N-ethyl adjacent to an activating group) is 1. The predicted octanol–water partition coefficient (Wildman–Crippen LogP) is 18.7. The molecule has 0 N–H and O–H groups in total. The van der Waals surface area contributed by atoms with Crippen molar-refractivity contribution < 1.29 is 42.1 Å². The highest BCUT2D eigenvalue weighted by Crippen LogP contribution is 2.38. The number of nitrogens with zero attached hydrogens (tertiary/aromatic N) is 1. The standard InChI is InChI=1S/C66H114NO8P/c1-6-8-10-12-14-16-18-20-22-24-26-28-30-31-32-33-34-35-37-39-41-43-45-47-49-51-53-55-57-59-66(69)75-64(63-74-76(70,71)73-61-60-67(3,4)5)62-72-65(68)58-56-54-52-50-48-46-44-42-40-38-36-29-27-25-23-21-19-17-15-13-11-9-7-2/h8,10,14,16,19-22,25-28,31-32,34-35,39,41,64H,6-7,9,11-13,15,17-18,23-24,29-30,33,36-38,40,42-63H2,1-5H3/b10-8-,16-14-,21-19-,22-20-,27-25-,28-26-,32-31-,35-34-,41-39-. The number of unbranched alkanes of at least 4 members (excludes halogenated alkanes) is 23. The van der Waals surface area contributed by atoms with Crippen LogP contribution in [0.25, 0.3) is 0 Å². The van der Waals surface area contributed by atoms with Crippen LogP contribution in [-0.4, -0.2) is 70.0 Å². The molecule has 9 nitrogen and oxygen atoms in total. The molecule has 0 bridgehead atoms. The molecule has 0 rings (SSSR count). The molecule has 0 aliphatic rings. The van der Waals surface area contributed by atoms with Crippen molar-refractivity contribution in [3.8, 4) is 0 Å². The highest BCUT2D eigenvalue weighted by molar-refractivity contribution is 7.45. The molecule has 0 aromatic heterocycles. The number of hydrogen-bond donors (Lipinski definition) is 0. The Hall–Kier alpha value is -3.33. The Kier molecular flexibility index (Phi) is 53.9. The summed E-state index contributed by atoms with van der Waals surface area (Å²) in [5.74, 6) is -0.851. The van der Waals surface area contributed by atoms with Crippen LogP contribution in [0.5, 0.6) is 0 Å². The monoisotopic (exact) mass is 1080 g/mol. The van der Waals surface area contributed by atoms with Gasteiger partial charge in [-0.2, -0.15) is 0 Å². The number of hydrogen-bond acceptors (Lipinski definition) is 8. The Morgan fingerprint density at radius 3 is 1.12 bits per heavy atom. The van der Waals surface area contributed by atoms with Crippen molar-refractivity contribution in [1.29, 1.82) is 0 Å². The minimum atomic E-state index is -4.65. The summed E-state index contributed by atoms with van der Waals surface area (Å²) < 4.78 is 34.2. The molecule has 0 radical (unpaired) electrons. The van der Waals surface area contributed by atoms with Crippen molar-refractivity contribution in [2.24, 2.45) is 0 Å². The summed E-state index contributed by atoms with van der Waals surface area (Å²) in [5.41, 5.74) is 0. The number of carbonyl (C=O) groups is 2. The van der Waals surface area contributed by atoms with Crippen LogP contribution >= 0.6 is 7.82 Å². The first kappa shape index (κ1) is 72.7. The van der Waals surface area contributed by atoms with E-state index in [1.54, 1.807) is 0 Å². The number of phosphoric ester groups is 1. The zero-order valence-electron chi connectivity index (χ0n) is 49.4. The summed E-state index contributed by atoms with van der Waals surface area (Å²) in [6, 6.07) is 0. The van der Waals surface area contributed by atoms with Crippen molar-refractivity contribution >= 4 is 19.8 Å². The summed E-state index contributed by atoms with van der Waals surface area (Å²) in [6.45, 7) is 4.10. The van der Waals surface area contributed by atoms with E-state index in [-0.39, 0.29) is 26.1 Å². The van der Waals surface area contributed by atoms with Crippen LogP contribution < -0.4 is 4.89 Å². The lowest BCUT2D eigenvalue weighted by Crippen LogP contribution is -2.37. The molecule has 10 heteroatoms. The molecular weight excluding hydrogens is 966 g/mol. The first-order chi connectivity index (χ1) is 37.0. The Labute approximate surface area is 467 Å². The molecule has 0 aromatic rings. The number of ether oxygens (including phenoxy) is 2. The third-order valence-electron chi connectivity index (χ3n) is 12.8. The van der Waals surface area contributed by atoms with Gasteiger partial charge in [-0.1, -0.05) is 239 Å². The van der Waals surface area contributed by atoms with Crippen molar-refractivity contribution in [2.45, 2.75) is 251 Å². The van der Waals surface area contributed by atoms with Crippen LogP contribution in [0.4, 0.5) is 0 Å². The smallest absolute Gasteiger partial charge is 0.306 e. The maximum Gasteiger partial charge on any atom is 0.306 e. The molecule has 0 saturated heterocycles. The van der Waals surface area contributed by atoms with E-state index in [9.17, 15) is 19.0 Å². The number of carbonyl (C=O) groups excluding carboxylic acids is 2. The average Bonchev–Trinajstić information content (AvgIpc) is 3.38. The van der Waals surface area contributed by atoms with E-state index in [0.29, 0.717) is 17.4 Å². The van der Waals surface area contributed by atoms with Crippen molar-refractivity contribution in [2.75, 3.05) is 47.5 Å². The van der Waals surface area contributed by atoms with E-state index in [4.69, 9.17) is 18.5 Å². The van der Waals surface area contributed by atoms with Crippen LogP contribution in [0.1, 0.15) is 245 Å². The van der Waals surface area contributed by atoms with Crippen LogP contribution in [0.15, 0.2) is 109 Å². The third kappa shape index (κ3) is 59.9. The first-order valence-electron chi connectivity index (χ1n) is 30.6. The zero-order chi connectivity index (χ0) is 55.6. The molecule has 0 amide bonds. The Morgan fingerprint density at radius 1 is 0.421 bits per heavy atom. The molecule has 0 aliphatic heterocycles. The number of phosphoric acid groups is 1. The van der Waals surface area contributed by atoms with Gasteiger partial charge in [-0.05, 0) is 103 Å². The van der Waals surface area contributed by atoms with Gasteiger partial charge in [0.1, 0.15) is 19.8 Å². The van der Waals surface area contributed by atoms with Crippen LogP contribution in [0.2, 0.25) is 0 Å². The molecule has 76 heavy (non-hydrogen) atoms. The first-order valence-corrected chi connectivity index (χ1v) is 32.1. The summed E-state index contributed by atoms with van der Waals surface area (Å²) in [6.07, 6.45) is 78.4. The van der Waals surface area contributed by atoms with E-state index >= 15 is 0 Å². The second kappa shape index (κ2) is 56.4. The van der Waals surface area contributed by atoms with Gasteiger partial charge in [-0.3, -0.25) is 14.2 Å². The number of quaternary nitrogens is 1. The zero-order valence-corrected chi connectivity index (χ0v) is 50.3. The third-order valence-corrected chi connectivity index (χ3v) is 13.7. The summed E-state index contributed by atoms with van der Waals surface area (Å²) in [7, 11) is 1.15. The van der Waals surface area contributed by atoms with E-state index < -0.39 is 32.5 Å². The highest BCUT2D eigenvalue weighted by atomic mass is 31.2. The minimum absolute atomic E-state index is 0.0389. The topological polar surface area (TPSA) is 111 Å². The SMILES string of the molecule is CC/C=C\C/C=C\C/C=C\C/C=C\C/C=C\C/C=C\C/C=C\CCCCCCCCCC(=O)OC(COC(=O)CCCCCCCCCCCCC/C=C\C/C=C\CCCCCCC)COP(=O)([O-])OCC[N+](C)(C)C. The highest BCUT2D eigenvalue weighted by Gasteiger charge is 2.22. The molecular formula is C66H114NO8P. The maximum atomic E-state index is 12.8. The molecule has 2 unspecified atom stereocenters. The quantitative estimate of drug-likeness (QED) is 0.0195. The molecule has 0 heterocycles. The van der Waals surface area contributed by atoms with Crippen LogP contribution in [0.3, 0.4) is 0 Å². The normalized spacial score (nSPS) is 14.0. The fraction of sp³-hybridized carbons (Fsp3) is 0.697. The largest absolute Gasteiger partial charge is 0.756 e. The molecule has 0 saturated carbocycles. The van der Waals surface area contributed by atoms with Crippen LogP contribution in [0, 0.1) is 0 Å². The minimum Gasteiger partial charge on any atom is -0.756 e. The summed E-state index contributed by atoms with van der Waals surface area (Å²) >= 11 is 0. The van der Waals surface area contributed by atoms with Crippen molar-refractivity contribution in [3.05, 3.63) is 109 Å². The van der Waals surface area contributed by atoms with E-state index in [0.717, 1.165) is 96.3 Å². The van der Waals surface area contributed by atoms with Gasteiger partial charge >= 0.3 is 11.9 Å². The van der Waals surface area contributed by atoms with E-state index in [1.165, 1.54) is 116 Å². The summed E-state index contributed by atoms with van der Waals surface area (Å²) in [4.78, 5) is 37.9. The predicted molar refractivity (Wildman–Crippen MR) is 323 cm³/mol. The maximum absolute atomic E-state index is 12.8. The number of rotatable bonds is 55. The summed E-state index contributed by atoms with van der Waals surface area (Å²) in [5, 5.41) is 0. The molecule has 2 atom stereocenters. The lowest BCUT2D eigenvalue weighted by atomic mass is 10.0.